The number of nitrogens with one attached hydrogen (secondary N) is 1. The Morgan fingerprint density at radius 1 is 1.35 bits per heavy atom. The second kappa shape index (κ2) is 6.57. The lowest BCUT2D eigenvalue weighted by atomic mass is 10.2. The monoisotopic (exact) mass is 276 g/mol. The van der Waals surface area contributed by atoms with E-state index in [1.807, 2.05) is 12.3 Å². The number of methoxy groups -OCH3 is 1. The molecule has 0 aliphatic heterocycles. The summed E-state index contributed by atoms with van der Waals surface area (Å²) < 4.78 is 21.1. The number of aromatic nitrogens is 1. The van der Waals surface area contributed by atoms with E-state index in [0.29, 0.717) is 17.9 Å². The van der Waals surface area contributed by atoms with Crippen LogP contribution < -0.4 is 10.1 Å². The van der Waals surface area contributed by atoms with E-state index in [0.717, 1.165) is 12.2 Å². The molecule has 0 fully saturated rings. The number of hydrogen-bond acceptors (Lipinski definition) is 2. The lowest BCUT2D eigenvalue weighted by Crippen LogP contribution is -2.21. The van der Waals surface area contributed by atoms with Crippen molar-refractivity contribution in [2.24, 2.45) is 0 Å². The molecular formula is C16H21FN2O. The van der Waals surface area contributed by atoms with Gasteiger partial charge in [0.2, 0.25) is 0 Å². The van der Waals surface area contributed by atoms with Crippen LogP contribution in [0.1, 0.15) is 31.1 Å². The molecule has 0 radical (unpaired) electrons. The third-order valence-corrected chi connectivity index (χ3v) is 3.42. The van der Waals surface area contributed by atoms with Crippen LogP contribution in [-0.2, 0) is 6.54 Å². The van der Waals surface area contributed by atoms with Crippen molar-refractivity contribution < 1.29 is 9.13 Å². The Bertz CT molecular complexity index is 565. The van der Waals surface area contributed by atoms with Gasteiger partial charge in [0, 0.05) is 29.6 Å². The summed E-state index contributed by atoms with van der Waals surface area (Å²) in [6.45, 7) is 5.61. The van der Waals surface area contributed by atoms with Gasteiger partial charge >= 0.3 is 0 Å². The molecule has 3 nitrogen and oxygen atoms in total. The van der Waals surface area contributed by atoms with E-state index >= 15 is 0 Å². The maximum absolute atomic E-state index is 14.0. The highest BCUT2D eigenvalue weighted by Gasteiger charge is 2.11. The van der Waals surface area contributed by atoms with Gasteiger partial charge in [-0.1, -0.05) is 13.0 Å². The Morgan fingerprint density at radius 3 is 2.80 bits per heavy atom. The van der Waals surface area contributed by atoms with E-state index in [1.54, 1.807) is 12.1 Å². The summed E-state index contributed by atoms with van der Waals surface area (Å²) >= 11 is 0. The second-order valence-electron chi connectivity index (χ2n) is 4.80. The number of halogens is 1. The maximum Gasteiger partial charge on any atom is 0.131 e. The van der Waals surface area contributed by atoms with Crippen LogP contribution in [-0.4, -0.2) is 18.2 Å². The zero-order chi connectivity index (χ0) is 14.5. The van der Waals surface area contributed by atoms with Crippen LogP contribution in [0.25, 0.3) is 0 Å². The summed E-state index contributed by atoms with van der Waals surface area (Å²) in [5.74, 6) is 0.306. The largest absolute Gasteiger partial charge is 0.497 e. The molecule has 1 heterocycles. The maximum atomic E-state index is 14.0. The minimum absolute atomic E-state index is 0.236. The standard InChI is InChI=1S/C16H21FN2O/c1-4-18-12(2)16-6-5-9-19(16)11-13-7-8-14(20-3)10-15(13)17/h5-10,12,18H,4,11H2,1-3H3. The van der Waals surface area contributed by atoms with Gasteiger partial charge < -0.3 is 14.6 Å². The molecule has 2 rings (SSSR count). The molecule has 0 spiro atoms. The van der Waals surface area contributed by atoms with Gasteiger partial charge in [0.15, 0.2) is 0 Å². The number of nitrogens with zero attached hydrogens (tertiary/aromatic N) is 1. The first-order valence-corrected chi connectivity index (χ1v) is 6.86. The molecule has 1 aromatic carbocycles. The predicted molar refractivity (Wildman–Crippen MR) is 78.6 cm³/mol. The number of ether oxygens (including phenoxy) is 1. The SMILES string of the molecule is CCNC(C)c1cccn1Cc1ccc(OC)cc1F. The first-order valence-electron chi connectivity index (χ1n) is 6.86. The van der Waals surface area contributed by atoms with Crippen molar-refractivity contribution in [1.82, 2.24) is 9.88 Å². The summed E-state index contributed by atoms with van der Waals surface area (Å²) in [6, 6.07) is 9.29. The molecule has 0 saturated heterocycles. The van der Waals surface area contributed by atoms with Gasteiger partial charge in [-0.05, 0) is 31.7 Å². The summed E-state index contributed by atoms with van der Waals surface area (Å²) in [7, 11) is 1.54. The topological polar surface area (TPSA) is 26.2 Å². The molecule has 0 aliphatic rings. The normalized spacial score (nSPS) is 12.4. The van der Waals surface area contributed by atoms with E-state index in [2.05, 4.69) is 29.8 Å². The van der Waals surface area contributed by atoms with Crippen molar-refractivity contribution in [3.63, 3.8) is 0 Å². The minimum Gasteiger partial charge on any atom is -0.497 e. The van der Waals surface area contributed by atoms with Gasteiger partial charge in [0.25, 0.3) is 0 Å². The third-order valence-electron chi connectivity index (χ3n) is 3.42. The smallest absolute Gasteiger partial charge is 0.131 e. The summed E-state index contributed by atoms with van der Waals surface area (Å²) in [6.07, 6.45) is 1.98. The lowest BCUT2D eigenvalue weighted by molar-refractivity contribution is 0.410. The van der Waals surface area contributed by atoms with Crippen LogP contribution in [0, 0.1) is 5.82 Å². The first kappa shape index (κ1) is 14.6. The molecular weight excluding hydrogens is 255 g/mol. The molecule has 0 saturated carbocycles. The Labute approximate surface area is 119 Å². The first-order chi connectivity index (χ1) is 9.65. The van der Waals surface area contributed by atoms with E-state index in [4.69, 9.17) is 4.74 Å². The van der Waals surface area contributed by atoms with Crippen molar-refractivity contribution in [3.8, 4) is 5.75 Å². The summed E-state index contributed by atoms with van der Waals surface area (Å²) in [5.41, 5.74) is 1.81. The van der Waals surface area contributed by atoms with Crippen LogP contribution in [0.3, 0.4) is 0 Å². The average Bonchev–Trinajstić information content (AvgIpc) is 2.89. The number of benzene rings is 1. The summed E-state index contributed by atoms with van der Waals surface area (Å²) in [4.78, 5) is 0. The van der Waals surface area contributed by atoms with E-state index in [9.17, 15) is 4.39 Å². The highest BCUT2D eigenvalue weighted by molar-refractivity contribution is 5.29. The van der Waals surface area contributed by atoms with Crippen molar-refractivity contribution >= 4 is 0 Å². The van der Waals surface area contributed by atoms with Gasteiger partial charge in [-0.3, -0.25) is 0 Å². The van der Waals surface area contributed by atoms with E-state index < -0.39 is 0 Å². The minimum atomic E-state index is -0.236. The predicted octanol–water partition coefficient (Wildman–Crippen LogP) is 3.35. The van der Waals surface area contributed by atoms with Gasteiger partial charge in [-0.25, -0.2) is 4.39 Å². The molecule has 1 N–H and O–H groups in total. The highest BCUT2D eigenvalue weighted by Crippen LogP contribution is 2.20. The van der Waals surface area contributed by atoms with Crippen LogP contribution >= 0.6 is 0 Å². The van der Waals surface area contributed by atoms with Gasteiger partial charge in [-0.15, -0.1) is 0 Å². The summed E-state index contributed by atoms with van der Waals surface area (Å²) in [5, 5.41) is 3.37. The second-order valence-corrected chi connectivity index (χ2v) is 4.80. The van der Waals surface area contributed by atoms with Crippen LogP contribution in [0.2, 0.25) is 0 Å². The highest BCUT2D eigenvalue weighted by atomic mass is 19.1. The Kier molecular flexibility index (Phi) is 4.79. The van der Waals surface area contributed by atoms with Crippen molar-refractivity contribution in [2.45, 2.75) is 26.4 Å². The molecule has 0 bridgehead atoms. The lowest BCUT2D eigenvalue weighted by Gasteiger charge is -2.17. The number of hydrogen-bond donors (Lipinski definition) is 1. The zero-order valence-corrected chi connectivity index (χ0v) is 12.2. The molecule has 0 aliphatic carbocycles. The van der Waals surface area contributed by atoms with Gasteiger partial charge in [-0.2, -0.15) is 0 Å². The van der Waals surface area contributed by atoms with Crippen LogP contribution in [0.4, 0.5) is 4.39 Å². The fourth-order valence-electron chi connectivity index (χ4n) is 2.34. The van der Waals surface area contributed by atoms with Crippen LogP contribution in [0.5, 0.6) is 5.75 Å². The molecule has 20 heavy (non-hydrogen) atoms. The third kappa shape index (κ3) is 3.20. The van der Waals surface area contributed by atoms with Crippen molar-refractivity contribution in [1.29, 1.82) is 0 Å². The fraction of sp³-hybridized carbons (Fsp3) is 0.375. The molecule has 0 amide bonds. The van der Waals surface area contributed by atoms with Crippen LogP contribution in [0.15, 0.2) is 36.5 Å². The van der Waals surface area contributed by atoms with E-state index in [-0.39, 0.29) is 11.9 Å². The quantitative estimate of drug-likeness (QED) is 0.875. The molecule has 1 atom stereocenters. The Morgan fingerprint density at radius 2 is 2.15 bits per heavy atom. The van der Waals surface area contributed by atoms with E-state index in [1.165, 1.54) is 13.2 Å². The van der Waals surface area contributed by atoms with Gasteiger partial charge in [0.1, 0.15) is 11.6 Å². The fourth-order valence-corrected chi connectivity index (χ4v) is 2.34. The molecule has 1 unspecified atom stereocenters. The molecule has 2 aromatic rings. The molecule has 1 aromatic heterocycles. The average molecular weight is 276 g/mol. The number of rotatable bonds is 6. The van der Waals surface area contributed by atoms with Crippen molar-refractivity contribution in [2.75, 3.05) is 13.7 Å². The van der Waals surface area contributed by atoms with Crippen molar-refractivity contribution in [3.05, 3.63) is 53.6 Å². The molecule has 4 heteroatoms. The Balaban J connectivity index is 2.20. The Hall–Kier alpha value is -1.81. The zero-order valence-electron chi connectivity index (χ0n) is 12.2. The van der Waals surface area contributed by atoms with Gasteiger partial charge in [0.05, 0.1) is 13.7 Å². The molecule has 108 valence electrons.